The maximum Gasteiger partial charge on any atom is 0.343 e. The number of carbonyl (C=O) groups excluding carboxylic acids is 2. The van der Waals surface area contributed by atoms with E-state index in [1.54, 1.807) is 42.5 Å². The van der Waals surface area contributed by atoms with E-state index in [-0.39, 0.29) is 11.3 Å². The molecule has 28 heavy (non-hydrogen) atoms. The van der Waals surface area contributed by atoms with Crippen molar-refractivity contribution in [1.82, 2.24) is 0 Å². The van der Waals surface area contributed by atoms with E-state index in [1.165, 1.54) is 0 Å². The first-order chi connectivity index (χ1) is 13.7. The number of hydrogen-bond donors (Lipinski definition) is 0. The monoisotopic (exact) mass is 440 g/mol. The van der Waals surface area contributed by atoms with Gasteiger partial charge in [0.2, 0.25) is 0 Å². The molecule has 0 fully saturated rings. The highest BCUT2D eigenvalue weighted by Gasteiger charge is 2.13. The van der Waals surface area contributed by atoms with Crippen molar-refractivity contribution >= 4 is 28.2 Å². The lowest BCUT2D eigenvalue weighted by Crippen LogP contribution is -2.11. The number of hydrogen-bond acceptors (Lipinski definition) is 5. The van der Waals surface area contributed by atoms with Gasteiger partial charge in [-0.3, -0.25) is 4.79 Å². The summed E-state index contributed by atoms with van der Waals surface area (Å²) in [6.45, 7) is 0.704. The molecule has 0 atom stereocenters. The lowest BCUT2D eigenvalue weighted by atomic mass is 10.2. The van der Waals surface area contributed by atoms with Gasteiger partial charge in [-0.05, 0) is 48.5 Å². The fraction of sp³-hybridized carbons (Fsp3) is 0.0909. The summed E-state index contributed by atoms with van der Waals surface area (Å²) >= 11 is 3.28. The highest BCUT2D eigenvalue weighted by molar-refractivity contribution is 9.10. The van der Waals surface area contributed by atoms with Crippen molar-refractivity contribution in [1.29, 1.82) is 0 Å². The lowest BCUT2D eigenvalue weighted by molar-refractivity contribution is 0.0733. The van der Waals surface area contributed by atoms with E-state index in [0.29, 0.717) is 30.8 Å². The molecule has 0 spiro atoms. The standard InChI is InChI=1S/C22H17BrO5/c23-18-9-10-21(17(13-18)15-24)28-22(25)16-5-4-8-20(14-16)27-12-11-26-19-6-2-1-3-7-19/h1-10,13-15H,11-12H2. The summed E-state index contributed by atoms with van der Waals surface area (Å²) in [4.78, 5) is 23.6. The third-order valence-electron chi connectivity index (χ3n) is 3.74. The minimum Gasteiger partial charge on any atom is -0.490 e. The highest BCUT2D eigenvalue weighted by atomic mass is 79.9. The van der Waals surface area contributed by atoms with Crippen LogP contribution >= 0.6 is 15.9 Å². The number of benzene rings is 3. The molecule has 6 heteroatoms. The Hall–Kier alpha value is -3.12. The largest absolute Gasteiger partial charge is 0.490 e. The van der Waals surface area contributed by atoms with Crippen molar-refractivity contribution < 1.29 is 23.8 Å². The van der Waals surface area contributed by atoms with Gasteiger partial charge >= 0.3 is 5.97 Å². The smallest absolute Gasteiger partial charge is 0.343 e. The van der Waals surface area contributed by atoms with Gasteiger partial charge in [0.15, 0.2) is 6.29 Å². The Balaban J connectivity index is 1.58. The fourth-order valence-electron chi connectivity index (χ4n) is 2.41. The third kappa shape index (κ3) is 5.44. The number of aldehydes is 1. The van der Waals surface area contributed by atoms with Crippen molar-refractivity contribution in [3.05, 3.63) is 88.4 Å². The third-order valence-corrected chi connectivity index (χ3v) is 4.23. The maximum absolute atomic E-state index is 12.4. The Kier molecular flexibility index (Phi) is 6.81. The van der Waals surface area contributed by atoms with Crippen LogP contribution in [0.4, 0.5) is 0 Å². The molecule has 0 saturated heterocycles. The Labute approximate surface area is 171 Å². The van der Waals surface area contributed by atoms with Crippen LogP contribution in [0.5, 0.6) is 17.2 Å². The quantitative estimate of drug-likeness (QED) is 0.215. The first kappa shape index (κ1) is 19.6. The van der Waals surface area contributed by atoms with Crippen LogP contribution in [0.2, 0.25) is 0 Å². The molecule has 5 nitrogen and oxygen atoms in total. The molecule has 0 aliphatic rings. The van der Waals surface area contributed by atoms with Gasteiger partial charge in [0, 0.05) is 4.47 Å². The summed E-state index contributed by atoms with van der Waals surface area (Å²) in [6, 6.07) is 20.9. The van der Waals surface area contributed by atoms with Crippen molar-refractivity contribution in [2.24, 2.45) is 0 Å². The summed E-state index contributed by atoms with van der Waals surface area (Å²) in [5.74, 6) is 0.920. The zero-order valence-corrected chi connectivity index (χ0v) is 16.4. The number of esters is 1. The van der Waals surface area contributed by atoms with Crippen molar-refractivity contribution in [3.63, 3.8) is 0 Å². The molecule has 0 heterocycles. The predicted molar refractivity (Wildman–Crippen MR) is 108 cm³/mol. The Morgan fingerprint density at radius 1 is 0.857 bits per heavy atom. The van der Waals surface area contributed by atoms with E-state index < -0.39 is 5.97 Å². The van der Waals surface area contributed by atoms with Gasteiger partial charge in [0.25, 0.3) is 0 Å². The van der Waals surface area contributed by atoms with Gasteiger partial charge in [-0.2, -0.15) is 0 Å². The normalized spacial score (nSPS) is 10.2. The van der Waals surface area contributed by atoms with Crippen LogP contribution in [0.3, 0.4) is 0 Å². The molecule has 0 aliphatic heterocycles. The zero-order chi connectivity index (χ0) is 19.8. The lowest BCUT2D eigenvalue weighted by Gasteiger charge is -2.10. The van der Waals surface area contributed by atoms with Gasteiger partial charge in [0.1, 0.15) is 30.5 Å². The van der Waals surface area contributed by atoms with Gasteiger partial charge in [-0.25, -0.2) is 4.79 Å². The molecule has 142 valence electrons. The second kappa shape index (κ2) is 9.71. The molecule has 0 saturated carbocycles. The molecule has 0 unspecified atom stereocenters. The second-order valence-corrected chi connectivity index (χ2v) is 6.64. The van der Waals surface area contributed by atoms with Crippen molar-refractivity contribution in [2.75, 3.05) is 13.2 Å². The topological polar surface area (TPSA) is 61.8 Å². The van der Waals surface area contributed by atoms with Crippen LogP contribution in [-0.4, -0.2) is 25.5 Å². The molecular weight excluding hydrogens is 424 g/mol. The fourth-order valence-corrected chi connectivity index (χ4v) is 2.79. The molecule has 3 aromatic rings. The molecule has 0 N–H and O–H groups in total. The zero-order valence-electron chi connectivity index (χ0n) is 14.8. The van der Waals surface area contributed by atoms with Crippen LogP contribution in [0.25, 0.3) is 0 Å². The van der Waals surface area contributed by atoms with E-state index >= 15 is 0 Å². The molecule has 0 radical (unpaired) electrons. The van der Waals surface area contributed by atoms with Gasteiger partial charge in [-0.15, -0.1) is 0 Å². The summed E-state index contributed by atoms with van der Waals surface area (Å²) < 4.78 is 17.3. The Bertz CT molecular complexity index is 956. The van der Waals surface area contributed by atoms with Gasteiger partial charge < -0.3 is 14.2 Å². The molecule has 0 aromatic heterocycles. The Morgan fingerprint density at radius 3 is 2.32 bits per heavy atom. The van der Waals surface area contributed by atoms with E-state index in [9.17, 15) is 9.59 Å². The number of para-hydroxylation sites is 1. The number of halogens is 1. The van der Waals surface area contributed by atoms with Gasteiger partial charge in [0.05, 0.1) is 11.1 Å². The minimum atomic E-state index is -0.573. The van der Waals surface area contributed by atoms with E-state index in [0.717, 1.165) is 10.2 Å². The number of ether oxygens (including phenoxy) is 3. The molecule has 3 aromatic carbocycles. The maximum atomic E-state index is 12.4. The molecule has 3 rings (SSSR count). The van der Waals surface area contributed by atoms with E-state index in [4.69, 9.17) is 14.2 Å². The molecule has 0 bridgehead atoms. The summed E-state index contributed by atoms with van der Waals surface area (Å²) in [7, 11) is 0. The van der Waals surface area contributed by atoms with Crippen LogP contribution < -0.4 is 14.2 Å². The number of carbonyl (C=O) groups is 2. The molecule has 0 amide bonds. The summed E-state index contributed by atoms with van der Waals surface area (Å²) in [5.41, 5.74) is 0.606. The van der Waals surface area contributed by atoms with Crippen LogP contribution in [0, 0.1) is 0 Å². The summed E-state index contributed by atoms with van der Waals surface area (Å²) in [5, 5.41) is 0. The average molecular weight is 441 g/mol. The van der Waals surface area contributed by atoms with E-state index in [2.05, 4.69) is 15.9 Å². The predicted octanol–water partition coefficient (Wildman–Crippen LogP) is 4.94. The molecular formula is C22H17BrO5. The first-order valence-electron chi connectivity index (χ1n) is 8.53. The SMILES string of the molecule is O=Cc1cc(Br)ccc1OC(=O)c1cccc(OCCOc2ccccc2)c1. The molecule has 0 aliphatic carbocycles. The van der Waals surface area contributed by atoms with Crippen molar-refractivity contribution in [3.8, 4) is 17.2 Å². The first-order valence-corrected chi connectivity index (χ1v) is 9.32. The Morgan fingerprint density at radius 2 is 1.57 bits per heavy atom. The second-order valence-electron chi connectivity index (χ2n) is 5.73. The van der Waals surface area contributed by atoms with Crippen LogP contribution in [-0.2, 0) is 0 Å². The van der Waals surface area contributed by atoms with Gasteiger partial charge in [-0.1, -0.05) is 40.2 Å². The highest BCUT2D eigenvalue weighted by Crippen LogP contribution is 2.23. The minimum absolute atomic E-state index is 0.200. The van der Waals surface area contributed by atoms with Crippen LogP contribution in [0.1, 0.15) is 20.7 Å². The van der Waals surface area contributed by atoms with Crippen LogP contribution in [0.15, 0.2) is 77.3 Å². The average Bonchev–Trinajstić information content (AvgIpc) is 2.73. The van der Waals surface area contributed by atoms with Crippen molar-refractivity contribution in [2.45, 2.75) is 0 Å². The summed E-state index contributed by atoms with van der Waals surface area (Å²) in [6.07, 6.45) is 0.639. The van der Waals surface area contributed by atoms with E-state index in [1.807, 2.05) is 30.3 Å². The number of rotatable bonds is 8.